The summed E-state index contributed by atoms with van der Waals surface area (Å²) < 4.78 is 5.23. The molecule has 5 heteroatoms. The van der Waals surface area contributed by atoms with Crippen molar-refractivity contribution in [2.75, 3.05) is 12.4 Å². The molecule has 0 spiro atoms. The van der Waals surface area contributed by atoms with Gasteiger partial charge in [-0.1, -0.05) is 24.3 Å². The number of amides is 2. The maximum Gasteiger partial charge on any atom is 0.251 e. The molecule has 3 rings (SSSR count). The molecule has 0 aliphatic rings. The number of anilines is 1. The van der Waals surface area contributed by atoms with Gasteiger partial charge >= 0.3 is 0 Å². The van der Waals surface area contributed by atoms with E-state index in [1.807, 2.05) is 36.4 Å². The number of hydrogen-bond acceptors (Lipinski definition) is 3. The number of hydrogen-bond donors (Lipinski definition) is 2. The number of methoxy groups -OCH3 is 1. The van der Waals surface area contributed by atoms with Crippen LogP contribution in [0.25, 0.3) is 10.8 Å². The van der Waals surface area contributed by atoms with E-state index in [-0.39, 0.29) is 11.8 Å². The fourth-order valence-corrected chi connectivity index (χ4v) is 2.74. The summed E-state index contributed by atoms with van der Waals surface area (Å²) in [6, 6.07) is 18.8. The van der Waals surface area contributed by atoms with Gasteiger partial charge < -0.3 is 15.4 Å². The van der Waals surface area contributed by atoms with Crippen LogP contribution < -0.4 is 15.4 Å². The van der Waals surface area contributed by atoms with Crippen LogP contribution in [-0.2, 0) is 11.3 Å². The molecule has 3 aromatic rings. The third-order valence-corrected chi connectivity index (χ3v) is 4.01. The largest absolute Gasteiger partial charge is 0.497 e. The summed E-state index contributed by atoms with van der Waals surface area (Å²) in [6.07, 6.45) is 0. The van der Waals surface area contributed by atoms with Crippen LogP contribution in [0.2, 0.25) is 0 Å². The van der Waals surface area contributed by atoms with E-state index in [1.165, 1.54) is 6.92 Å². The van der Waals surface area contributed by atoms with Gasteiger partial charge in [0.25, 0.3) is 5.91 Å². The second kappa shape index (κ2) is 7.70. The first-order chi connectivity index (χ1) is 12.5. The molecule has 5 nitrogen and oxygen atoms in total. The number of carbonyl (C=O) groups excluding carboxylic acids is 2. The topological polar surface area (TPSA) is 67.4 Å². The molecule has 0 aliphatic carbocycles. The van der Waals surface area contributed by atoms with Crippen molar-refractivity contribution in [2.45, 2.75) is 13.5 Å². The quantitative estimate of drug-likeness (QED) is 0.738. The van der Waals surface area contributed by atoms with Gasteiger partial charge in [0.2, 0.25) is 5.91 Å². The molecule has 0 bridgehead atoms. The smallest absolute Gasteiger partial charge is 0.251 e. The van der Waals surface area contributed by atoms with Crippen molar-refractivity contribution in [1.29, 1.82) is 0 Å². The molecule has 26 heavy (non-hydrogen) atoms. The number of carbonyl (C=O) groups is 2. The van der Waals surface area contributed by atoms with Gasteiger partial charge in [0, 0.05) is 24.7 Å². The van der Waals surface area contributed by atoms with Crippen molar-refractivity contribution in [1.82, 2.24) is 5.32 Å². The highest BCUT2D eigenvalue weighted by Crippen LogP contribution is 2.22. The van der Waals surface area contributed by atoms with E-state index in [9.17, 15) is 9.59 Å². The van der Waals surface area contributed by atoms with Crippen LogP contribution in [0.15, 0.2) is 60.7 Å². The van der Waals surface area contributed by atoms with E-state index in [1.54, 1.807) is 31.4 Å². The van der Waals surface area contributed by atoms with Crippen molar-refractivity contribution in [2.24, 2.45) is 0 Å². The first-order valence-corrected chi connectivity index (χ1v) is 8.28. The molecule has 0 fully saturated rings. The Labute approximate surface area is 152 Å². The number of benzene rings is 3. The van der Waals surface area contributed by atoms with Crippen molar-refractivity contribution in [3.63, 3.8) is 0 Å². The molecule has 0 aliphatic heterocycles. The molecule has 0 radical (unpaired) electrons. The first-order valence-electron chi connectivity index (χ1n) is 8.28. The predicted octanol–water partition coefficient (Wildman–Crippen LogP) is 3.74. The third-order valence-electron chi connectivity index (χ3n) is 4.01. The van der Waals surface area contributed by atoms with Crippen LogP contribution in [-0.4, -0.2) is 18.9 Å². The maximum absolute atomic E-state index is 12.4. The summed E-state index contributed by atoms with van der Waals surface area (Å²) in [5, 5.41) is 7.75. The second-order valence-electron chi connectivity index (χ2n) is 5.99. The monoisotopic (exact) mass is 348 g/mol. The zero-order valence-corrected chi connectivity index (χ0v) is 14.7. The molecular weight excluding hydrogens is 328 g/mol. The van der Waals surface area contributed by atoms with Crippen molar-refractivity contribution in [3.05, 3.63) is 71.8 Å². The third kappa shape index (κ3) is 4.19. The van der Waals surface area contributed by atoms with Gasteiger partial charge in [0.1, 0.15) is 5.75 Å². The molecule has 0 aromatic heterocycles. The Balaban J connectivity index is 1.69. The summed E-state index contributed by atoms with van der Waals surface area (Å²) in [7, 11) is 1.64. The zero-order chi connectivity index (χ0) is 18.5. The average Bonchev–Trinajstić information content (AvgIpc) is 2.65. The molecule has 0 atom stereocenters. The molecule has 3 aromatic carbocycles. The van der Waals surface area contributed by atoms with Gasteiger partial charge in [-0.05, 0) is 52.7 Å². The van der Waals surface area contributed by atoms with Crippen molar-refractivity contribution in [3.8, 4) is 5.75 Å². The minimum Gasteiger partial charge on any atom is -0.497 e. The minimum atomic E-state index is -0.188. The minimum absolute atomic E-state index is 0.171. The number of fused-ring (bicyclic) bond motifs is 1. The van der Waals surface area contributed by atoms with Gasteiger partial charge in [-0.25, -0.2) is 0 Å². The molecule has 0 heterocycles. The van der Waals surface area contributed by atoms with E-state index < -0.39 is 0 Å². The SMILES string of the molecule is COc1ccc2cc(CNC(=O)c3cccc(NC(C)=O)c3)ccc2c1. The highest BCUT2D eigenvalue weighted by molar-refractivity contribution is 5.96. The van der Waals surface area contributed by atoms with Crippen LogP contribution in [0.4, 0.5) is 5.69 Å². The van der Waals surface area contributed by atoms with Crippen LogP contribution in [0.5, 0.6) is 5.75 Å². The Kier molecular flexibility index (Phi) is 5.17. The first kappa shape index (κ1) is 17.5. The lowest BCUT2D eigenvalue weighted by Crippen LogP contribution is -2.23. The molecule has 2 N–H and O–H groups in total. The van der Waals surface area contributed by atoms with E-state index in [2.05, 4.69) is 10.6 Å². The Morgan fingerprint density at radius 2 is 1.73 bits per heavy atom. The van der Waals surface area contributed by atoms with Crippen LogP contribution in [0.3, 0.4) is 0 Å². The van der Waals surface area contributed by atoms with Gasteiger partial charge in [0.05, 0.1) is 7.11 Å². The van der Waals surface area contributed by atoms with Crippen LogP contribution in [0.1, 0.15) is 22.8 Å². The summed E-state index contributed by atoms with van der Waals surface area (Å²) in [4.78, 5) is 23.5. The summed E-state index contributed by atoms with van der Waals surface area (Å²) in [6.45, 7) is 1.85. The van der Waals surface area contributed by atoms with E-state index in [0.717, 1.165) is 22.1 Å². The van der Waals surface area contributed by atoms with Gasteiger partial charge in [0.15, 0.2) is 0 Å². The zero-order valence-electron chi connectivity index (χ0n) is 14.7. The van der Waals surface area contributed by atoms with E-state index >= 15 is 0 Å². The molecule has 0 unspecified atom stereocenters. The molecular formula is C21H20N2O3. The Hall–Kier alpha value is -3.34. The maximum atomic E-state index is 12.4. The van der Waals surface area contributed by atoms with Gasteiger partial charge in [-0.2, -0.15) is 0 Å². The molecule has 0 saturated heterocycles. The summed E-state index contributed by atoms with van der Waals surface area (Å²) >= 11 is 0. The van der Waals surface area contributed by atoms with Crippen LogP contribution >= 0.6 is 0 Å². The highest BCUT2D eigenvalue weighted by atomic mass is 16.5. The number of rotatable bonds is 5. The normalized spacial score (nSPS) is 10.4. The highest BCUT2D eigenvalue weighted by Gasteiger charge is 2.07. The lowest BCUT2D eigenvalue weighted by molar-refractivity contribution is -0.114. The summed E-state index contributed by atoms with van der Waals surface area (Å²) in [5.74, 6) is 0.458. The van der Waals surface area contributed by atoms with Crippen molar-refractivity contribution >= 4 is 28.3 Å². The molecule has 132 valence electrons. The van der Waals surface area contributed by atoms with Crippen LogP contribution in [0, 0.1) is 0 Å². The number of ether oxygens (including phenoxy) is 1. The lowest BCUT2D eigenvalue weighted by atomic mass is 10.1. The second-order valence-corrected chi connectivity index (χ2v) is 5.99. The van der Waals surface area contributed by atoms with Crippen molar-refractivity contribution < 1.29 is 14.3 Å². The fraction of sp³-hybridized carbons (Fsp3) is 0.143. The van der Waals surface area contributed by atoms with Gasteiger partial charge in [-0.3, -0.25) is 9.59 Å². The van der Waals surface area contributed by atoms with E-state index in [0.29, 0.717) is 17.8 Å². The lowest BCUT2D eigenvalue weighted by Gasteiger charge is -2.09. The van der Waals surface area contributed by atoms with E-state index in [4.69, 9.17) is 4.74 Å². The van der Waals surface area contributed by atoms with Gasteiger partial charge in [-0.15, -0.1) is 0 Å². The average molecular weight is 348 g/mol. The Morgan fingerprint density at radius 1 is 0.962 bits per heavy atom. The molecule has 0 saturated carbocycles. The Morgan fingerprint density at radius 3 is 2.50 bits per heavy atom. The molecule has 2 amide bonds. The number of nitrogens with one attached hydrogen (secondary N) is 2. The summed E-state index contributed by atoms with van der Waals surface area (Å²) in [5.41, 5.74) is 2.11. The predicted molar refractivity (Wildman–Crippen MR) is 102 cm³/mol. The standard InChI is InChI=1S/C21H20N2O3/c1-14(24)23-19-5-3-4-18(11-19)21(25)22-13-15-6-7-17-12-20(26-2)9-8-16(17)10-15/h3-12H,13H2,1-2H3,(H,22,25)(H,23,24). The Bertz CT molecular complexity index is 966. The fourth-order valence-electron chi connectivity index (χ4n) is 2.74.